The Morgan fingerprint density at radius 2 is 1.71 bits per heavy atom. The van der Waals surface area contributed by atoms with Crippen molar-refractivity contribution >= 4 is 11.3 Å². The average Bonchev–Trinajstić information content (AvgIpc) is 3.24. The quantitative estimate of drug-likeness (QED) is 0.345. The number of nitrogens with zero attached hydrogens (tertiary/aromatic N) is 2. The molecule has 121 valence electrons. The molecule has 0 spiro atoms. The fraction of sp³-hybridized carbons (Fsp3) is 0.0500. The third-order valence-corrected chi connectivity index (χ3v) is 4.71. The first kappa shape index (κ1) is 16.8. The van der Waals surface area contributed by atoms with E-state index in [9.17, 15) is 0 Å². The van der Waals surface area contributed by atoms with Crippen LogP contribution in [0.15, 0.2) is 72.5 Å². The molecule has 4 aromatic rings. The van der Waals surface area contributed by atoms with Gasteiger partial charge in [0.15, 0.2) is 0 Å². The largest absolute Gasteiger partial charge is 0.353 e. The van der Waals surface area contributed by atoms with E-state index in [0.29, 0.717) is 0 Å². The van der Waals surface area contributed by atoms with Gasteiger partial charge in [-0.3, -0.25) is 0 Å². The van der Waals surface area contributed by atoms with Crippen molar-refractivity contribution in [2.75, 3.05) is 0 Å². The van der Waals surface area contributed by atoms with Crippen LogP contribution in [0.2, 0.25) is 0 Å². The van der Waals surface area contributed by atoms with Crippen molar-refractivity contribution in [1.82, 2.24) is 9.55 Å². The van der Waals surface area contributed by atoms with Crippen LogP contribution >= 0.6 is 11.3 Å². The number of benzene rings is 2. The second-order valence-corrected chi connectivity index (χ2v) is 6.34. The predicted octanol–water partition coefficient (Wildman–Crippen LogP) is 5.28. The number of hydrogen-bond acceptors (Lipinski definition) is 2. The molecule has 0 amide bonds. The molecule has 4 heteroatoms. The van der Waals surface area contributed by atoms with Gasteiger partial charge in [-0.15, -0.1) is 5.56 Å². The Morgan fingerprint density at radius 3 is 2.46 bits per heavy atom. The molecule has 0 fully saturated rings. The van der Waals surface area contributed by atoms with Crippen molar-refractivity contribution in [3.8, 4) is 32.8 Å². The summed E-state index contributed by atoms with van der Waals surface area (Å²) in [4.78, 5) is 5.67. The molecule has 2 heterocycles. The molecule has 0 saturated carbocycles. The van der Waals surface area contributed by atoms with Gasteiger partial charge in [0.05, 0.1) is 6.33 Å². The van der Waals surface area contributed by atoms with Crippen LogP contribution in [0.4, 0.5) is 0 Å². The summed E-state index contributed by atoms with van der Waals surface area (Å²) in [6.07, 6.45) is 3.86. The van der Waals surface area contributed by atoms with Crippen molar-refractivity contribution in [2.45, 2.75) is 0 Å². The van der Waals surface area contributed by atoms with Gasteiger partial charge in [-0.1, -0.05) is 70.4 Å². The predicted molar refractivity (Wildman–Crippen MR) is 96.2 cm³/mol. The van der Waals surface area contributed by atoms with Crippen LogP contribution < -0.4 is 0 Å². The van der Waals surface area contributed by atoms with Gasteiger partial charge in [-0.25, -0.2) is 11.3 Å². The van der Waals surface area contributed by atoms with E-state index in [1.54, 1.807) is 11.3 Å². The van der Waals surface area contributed by atoms with E-state index < -0.39 is 0 Å². The molecule has 24 heavy (non-hydrogen) atoms. The third-order valence-electron chi connectivity index (χ3n) is 3.80. The number of rotatable bonds is 3. The summed E-state index contributed by atoms with van der Waals surface area (Å²) in [6.45, 7) is 0. The minimum Gasteiger partial charge on any atom is -0.353 e. The average molecular weight is 508 g/mol. The fourth-order valence-electron chi connectivity index (χ4n) is 2.69. The van der Waals surface area contributed by atoms with Crippen molar-refractivity contribution in [3.05, 3.63) is 78.6 Å². The van der Waals surface area contributed by atoms with Gasteiger partial charge < -0.3 is 9.55 Å². The van der Waals surface area contributed by atoms with E-state index in [-0.39, 0.29) is 20.1 Å². The molecule has 2 aromatic heterocycles. The van der Waals surface area contributed by atoms with E-state index in [0.717, 1.165) is 11.3 Å². The first-order valence-corrected chi connectivity index (χ1v) is 8.32. The summed E-state index contributed by atoms with van der Waals surface area (Å²) in [5, 5.41) is 2.01. The van der Waals surface area contributed by atoms with Crippen LogP contribution in [0, 0.1) is 6.07 Å². The van der Waals surface area contributed by atoms with Gasteiger partial charge in [0.2, 0.25) is 0 Å². The summed E-state index contributed by atoms with van der Waals surface area (Å²) < 4.78 is 1.96. The number of thiophene rings is 1. The molecule has 0 N–H and O–H groups in total. The number of imidazole rings is 1. The van der Waals surface area contributed by atoms with Crippen LogP contribution in [0.3, 0.4) is 0 Å². The Hall–Kier alpha value is -2.00. The van der Waals surface area contributed by atoms with E-state index in [2.05, 4.69) is 59.6 Å². The van der Waals surface area contributed by atoms with Gasteiger partial charge in [0.1, 0.15) is 0 Å². The van der Waals surface area contributed by atoms with Crippen molar-refractivity contribution < 1.29 is 20.1 Å². The van der Waals surface area contributed by atoms with Crippen LogP contribution in [0.1, 0.15) is 0 Å². The molecule has 1 radical (unpaired) electrons. The maximum absolute atomic E-state index is 4.46. The first-order valence-electron chi connectivity index (χ1n) is 7.44. The molecule has 0 aliphatic rings. The van der Waals surface area contributed by atoms with Gasteiger partial charge in [0, 0.05) is 27.2 Å². The molecule has 0 unspecified atom stereocenters. The summed E-state index contributed by atoms with van der Waals surface area (Å²) in [5.74, 6) is 0. The second kappa shape index (κ2) is 7.27. The van der Waals surface area contributed by atoms with E-state index in [1.807, 2.05) is 35.6 Å². The molecule has 0 atom stereocenters. The van der Waals surface area contributed by atoms with Crippen molar-refractivity contribution in [3.63, 3.8) is 0 Å². The van der Waals surface area contributed by atoms with Crippen molar-refractivity contribution in [1.29, 1.82) is 0 Å². The van der Waals surface area contributed by atoms with Gasteiger partial charge in [0.25, 0.3) is 0 Å². The maximum Gasteiger partial charge on any atom is 0.0800 e. The normalized spacial score (nSPS) is 10.4. The van der Waals surface area contributed by atoms with Crippen LogP contribution in [0.5, 0.6) is 0 Å². The van der Waals surface area contributed by atoms with E-state index >= 15 is 0 Å². The standard InChI is InChI=1S/C20H15N2S.Ir/c1-22-13-19(21-14-22)18-10-11-23-20(18)17-9-5-8-16(12-17)15-6-3-2-4-7-15;/h2-9,11-14H,1H3;/q-1;. The van der Waals surface area contributed by atoms with Gasteiger partial charge in [-0.05, 0) is 23.0 Å². The zero-order valence-electron chi connectivity index (χ0n) is 13.1. The fourth-order valence-corrected chi connectivity index (χ4v) is 3.53. The molecular weight excluding hydrogens is 493 g/mol. The Bertz CT molecular complexity index is 941. The molecule has 4 rings (SSSR count). The maximum atomic E-state index is 4.46. The molecule has 0 saturated heterocycles. The van der Waals surface area contributed by atoms with Crippen molar-refractivity contribution in [2.24, 2.45) is 7.05 Å². The molecule has 0 bridgehead atoms. The monoisotopic (exact) mass is 508 g/mol. The minimum absolute atomic E-state index is 0. The summed E-state index contributed by atoms with van der Waals surface area (Å²) >= 11 is 1.71. The van der Waals surface area contributed by atoms with Gasteiger partial charge in [-0.2, -0.15) is 6.07 Å². The molecule has 2 aromatic carbocycles. The summed E-state index contributed by atoms with van der Waals surface area (Å²) in [5.41, 5.74) is 5.70. The number of hydrogen-bond donors (Lipinski definition) is 0. The summed E-state index contributed by atoms with van der Waals surface area (Å²) in [7, 11) is 1.98. The number of aryl methyl sites for hydroxylation is 1. The zero-order valence-corrected chi connectivity index (χ0v) is 16.3. The minimum atomic E-state index is 0. The Labute approximate surface area is 159 Å². The van der Waals surface area contributed by atoms with E-state index in [4.69, 9.17) is 0 Å². The van der Waals surface area contributed by atoms with E-state index in [1.165, 1.54) is 21.6 Å². The SMILES string of the molecule is Cn1cnc(-c2[c-]csc2-c2cccc(-c3ccccc3)c2)c1.[Ir]. The zero-order chi connectivity index (χ0) is 15.6. The van der Waals surface area contributed by atoms with Crippen LogP contribution in [-0.4, -0.2) is 9.55 Å². The molecule has 0 aliphatic carbocycles. The second-order valence-electron chi connectivity index (χ2n) is 5.46. The van der Waals surface area contributed by atoms with Crippen LogP contribution in [0.25, 0.3) is 32.8 Å². The Morgan fingerprint density at radius 1 is 0.958 bits per heavy atom. The molecule has 0 aliphatic heterocycles. The molecule has 2 nitrogen and oxygen atoms in total. The Kier molecular flexibility index (Phi) is 5.10. The van der Waals surface area contributed by atoms with Crippen LogP contribution in [-0.2, 0) is 27.2 Å². The Balaban J connectivity index is 0.00000169. The first-order chi connectivity index (χ1) is 11.3. The third kappa shape index (κ3) is 3.27. The van der Waals surface area contributed by atoms with Gasteiger partial charge >= 0.3 is 0 Å². The topological polar surface area (TPSA) is 17.8 Å². The molecular formula is C20H15IrN2S-. The summed E-state index contributed by atoms with van der Waals surface area (Å²) in [6, 6.07) is 22.4. The smallest absolute Gasteiger partial charge is 0.0800 e. The number of aromatic nitrogens is 2.